The maximum absolute atomic E-state index is 13.7. The number of carboxylic acid groups (broad SMARTS) is 1. The lowest BCUT2D eigenvalue weighted by molar-refractivity contribution is -0.148. The lowest BCUT2D eigenvalue weighted by Crippen LogP contribution is -2.49. The second kappa shape index (κ2) is 6.77. The molecular formula is C16H20FNO4. The molecule has 0 radical (unpaired) electrons. The molecule has 0 saturated carbocycles. The summed E-state index contributed by atoms with van der Waals surface area (Å²) >= 11 is 0. The van der Waals surface area contributed by atoms with E-state index in [1.807, 2.05) is 0 Å². The van der Waals surface area contributed by atoms with Crippen LogP contribution in [0, 0.1) is 11.7 Å². The molecule has 0 aromatic heterocycles. The van der Waals surface area contributed by atoms with Gasteiger partial charge < -0.3 is 14.7 Å². The van der Waals surface area contributed by atoms with E-state index in [0.717, 1.165) is 0 Å². The van der Waals surface area contributed by atoms with Crippen molar-refractivity contribution in [3.8, 4) is 5.75 Å². The fraction of sp³-hybridized carbons (Fsp3) is 0.500. The number of piperidine rings is 1. The van der Waals surface area contributed by atoms with Crippen LogP contribution in [0.2, 0.25) is 0 Å². The van der Waals surface area contributed by atoms with E-state index in [1.54, 1.807) is 17.9 Å². The molecule has 1 heterocycles. The Kier molecular flexibility index (Phi) is 5.00. The van der Waals surface area contributed by atoms with Gasteiger partial charge >= 0.3 is 5.97 Å². The predicted molar refractivity (Wildman–Crippen MR) is 78.2 cm³/mol. The first-order chi connectivity index (χ1) is 10.4. The van der Waals surface area contributed by atoms with Crippen LogP contribution in [-0.2, 0) is 16.0 Å². The number of halogens is 1. The molecule has 0 unspecified atom stereocenters. The number of hydrogen-bond donors (Lipinski definition) is 1. The highest BCUT2D eigenvalue weighted by atomic mass is 19.1. The number of amides is 1. The first kappa shape index (κ1) is 16.3. The van der Waals surface area contributed by atoms with E-state index in [2.05, 4.69) is 0 Å². The highest BCUT2D eigenvalue weighted by Gasteiger charge is 2.35. The van der Waals surface area contributed by atoms with Gasteiger partial charge in [-0.1, -0.05) is 6.07 Å². The van der Waals surface area contributed by atoms with Crippen molar-refractivity contribution in [1.82, 2.24) is 4.90 Å². The summed E-state index contributed by atoms with van der Waals surface area (Å²) in [7, 11) is 1.38. The van der Waals surface area contributed by atoms with Gasteiger partial charge in [0.1, 0.15) is 0 Å². The second-order valence-corrected chi connectivity index (χ2v) is 5.56. The van der Waals surface area contributed by atoms with Crippen LogP contribution in [0.15, 0.2) is 18.2 Å². The molecule has 0 aliphatic carbocycles. The minimum Gasteiger partial charge on any atom is -0.494 e. The summed E-state index contributed by atoms with van der Waals surface area (Å²) in [5, 5.41) is 9.19. The number of carbonyl (C=O) groups excluding carboxylic acids is 1. The Morgan fingerprint density at radius 1 is 1.45 bits per heavy atom. The van der Waals surface area contributed by atoms with Crippen molar-refractivity contribution in [3.63, 3.8) is 0 Å². The minimum absolute atomic E-state index is 0.0532. The number of nitrogens with zero attached hydrogens (tertiary/aromatic N) is 1. The quantitative estimate of drug-likeness (QED) is 0.925. The van der Waals surface area contributed by atoms with Crippen molar-refractivity contribution in [3.05, 3.63) is 29.6 Å². The zero-order valence-corrected chi connectivity index (χ0v) is 12.7. The molecule has 1 aromatic rings. The molecule has 2 rings (SSSR count). The summed E-state index contributed by atoms with van der Waals surface area (Å²) in [5.74, 6) is -1.97. The molecular weight excluding hydrogens is 289 g/mol. The molecule has 1 aliphatic rings. The Hall–Kier alpha value is -2.11. The zero-order valence-electron chi connectivity index (χ0n) is 12.7. The number of likely N-dealkylation sites (tertiary alicyclic amines) is 1. The number of hydrogen-bond acceptors (Lipinski definition) is 3. The lowest BCUT2D eigenvalue weighted by atomic mass is 9.90. The highest BCUT2D eigenvalue weighted by molar-refractivity contribution is 5.80. The summed E-state index contributed by atoms with van der Waals surface area (Å²) in [6, 6.07) is 4.06. The smallest absolute Gasteiger partial charge is 0.308 e. The summed E-state index contributed by atoms with van der Waals surface area (Å²) in [4.78, 5) is 25.2. The van der Waals surface area contributed by atoms with Gasteiger partial charge in [-0.05, 0) is 37.5 Å². The van der Waals surface area contributed by atoms with Crippen LogP contribution in [-0.4, -0.2) is 41.6 Å². The van der Waals surface area contributed by atoms with E-state index < -0.39 is 17.7 Å². The van der Waals surface area contributed by atoms with Gasteiger partial charge in [0, 0.05) is 12.6 Å². The maximum atomic E-state index is 13.7. The summed E-state index contributed by atoms with van der Waals surface area (Å²) in [6.07, 6.45) is 1.30. The van der Waals surface area contributed by atoms with Gasteiger partial charge in [0.25, 0.3) is 0 Å². The molecule has 0 spiro atoms. The van der Waals surface area contributed by atoms with Gasteiger partial charge in [-0.25, -0.2) is 4.39 Å². The molecule has 1 aliphatic heterocycles. The molecule has 0 bridgehead atoms. The summed E-state index contributed by atoms with van der Waals surface area (Å²) in [5.41, 5.74) is 0.549. The second-order valence-electron chi connectivity index (χ2n) is 5.56. The van der Waals surface area contributed by atoms with Crippen molar-refractivity contribution in [2.45, 2.75) is 32.2 Å². The van der Waals surface area contributed by atoms with E-state index in [9.17, 15) is 19.1 Å². The number of methoxy groups -OCH3 is 1. The summed E-state index contributed by atoms with van der Waals surface area (Å²) in [6.45, 7) is 2.30. The molecule has 1 N–H and O–H groups in total. The molecule has 22 heavy (non-hydrogen) atoms. The van der Waals surface area contributed by atoms with Gasteiger partial charge in [0.2, 0.25) is 5.91 Å². The number of benzene rings is 1. The van der Waals surface area contributed by atoms with Crippen molar-refractivity contribution < 1.29 is 23.8 Å². The molecule has 5 nitrogen and oxygen atoms in total. The number of carbonyl (C=O) groups is 2. The average Bonchev–Trinajstić information content (AvgIpc) is 2.47. The Labute approximate surface area is 128 Å². The Morgan fingerprint density at radius 3 is 2.77 bits per heavy atom. The van der Waals surface area contributed by atoms with Crippen molar-refractivity contribution in [2.75, 3.05) is 13.7 Å². The third kappa shape index (κ3) is 3.37. The lowest BCUT2D eigenvalue weighted by Gasteiger charge is -2.37. The van der Waals surface area contributed by atoms with Crippen LogP contribution < -0.4 is 4.74 Å². The average molecular weight is 309 g/mol. The molecule has 1 saturated heterocycles. The topological polar surface area (TPSA) is 66.8 Å². The minimum atomic E-state index is -0.875. The van der Waals surface area contributed by atoms with Crippen molar-refractivity contribution in [2.24, 2.45) is 5.92 Å². The third-order valence-electron chi connectivity index (χ3n) is 4.20. The van der Waals surface area contributed by atoms with Crippen LogP contribution in [0.4, 0.5) is 4.39 Å². The van der Waals surface area contributed by atoms with Crippen molar-refractivity contribution in [1.29, 1.82) is 0 Å². The van der Waals surface area contributed by atoms with Crippen LogP contribution in [0.3, 0.4) is 0 Å². The monoisotopic (exact) mass is 309 g/mol. The molecule has 1 fully saturated rings. The number of aliphatic carboxylic acids is 1. The number of rotatable bonds is 4. The molecule has 120 valence electrons. The fourth-order valence-electron chi connectivity index (χ4n) is 2.92. The Bertz CT molecular complexity index is 575. The highest BCUT2D eigenvalue weighted by Crippen LogP contribution is 2.25. The zero-order chi connectivity index (χ0) is 16.3. The maximum Gasteiger partial charge on any atom is 0.308 e. The fourth-order valence-corrected chi connectivity index (χ4v) is 2.92. The van der Waals surface area contributed by atoms with E-state index in [1.165, 1.54) is 19.2 Å². The van der Waals surface area contributed by atoms with E-state index >= 15 is 0 Å². The SMILES string of the molecule is COc1ccc(CC(=O)N2CCC[C@H](C(=O)O)[C@@H]2C)cc1F. The largest absolute Gasteiger partial charge is 0.494 e. The number of ether oxygens (including phenoxy) is 1. The normalized spacial score (nSPS) is 21.5. The van der Waals surface area contributed by atoms with Gasteiger partial charge in [-0.3, -0.25) is 9.59 Å². The van der Waals surface area contributed by atoms with E-state index in [4.69, 9.17) is 4.74 Å². The van der Waals surface area contributed by atoms with Gasteiger partial charge in [-0.15, -0.1) is 0 Å². The van der Waals surface area contributed by atoms with Gasteiger partial charge in [0.05, 0.1) is 19.4 Å². The van der Waals surface area contributed by atoms with E-state index in [-0.39, 0.29) is 24.1 Å². The summed E-state index contributed by atoms with van der Waals surface area (Å²) < 4.78 is 18.5. The first-order valence-corrected chi connectivity index (χ1v) is 7.28. The van der Waals surface area contributed by atoms with Gasteiger partial charge in [0.15, 0.2) is 11.6 Å². The van der Waals surface area contributed by atoms with Crippen molar-refractivity contribution >= 4 is 11.9 Å². The van der Waals surface area contributed by atoms with Crippen LogP contribution in [0.1, 0.15) is 25.3 Å². The van der Waals surface area contributed by atoms with Crippen LogP contribution in [0.25, 0.3) is 0 Å². The molecule has 2 atom stereocenters. The van der Waals surface area contributed by atoms with Gasteiger partial charge in [-0.2, -0.15) is 0 Å². The Morgan fingerprint density at radius 2 is 2.18 bits per heavy atom. The molecule has 1 amide bonds. The van der Waals surface area contributed by atoms with Crippen LogP contribution in [0.5, 0.6) is 5.75 Å². The Balaban J connectivity index is 2.08. The standard InChI is InChI=1S/C16H20FNO4/c1-10-12(16(20)21)4-3-7-18(10)15(19)9-11-5-6-14(22-2)13(17)8-11/h5-6,8,10,12H,3-4,7,9H2,1-2H3,(H,20,21)/t10-,12-/m0/s1. The molecule has 1 aromatic carbocycles. The predicted octanol–water partition coefficient (Wildman–Crippen LogP) is 2.09. The van der Waals surface area contributed by atoms with E-state index in [0.29, 0.717) is 24.9 Å². The first-order valence-electron chi connectivity index (χ1n) is 7.28. The molecule has 6 heteroatoms. The number of carboxylic acids is 1. The van der Waals surface area contributed by atoms with Crippen LogP contribution >= 0.6 is 0 Å². The third-order valence-corrected chi connectivity index (χ3v) is 4.20.